The van der Waals surface area contributed by atoms with E-state index in [1.165, 1.54) is 12.8 Å². The fraction of sp³-hybridized carbons (Fsp3) is 0.533. The zero-order valence-corrected chi connectivity index (χ0v) is 12.5. The van der Waals surface area contributed by atoms with E-state index in [9.17, 15) is 0 Å². The van der Waals surface area contributed by atoms with Crippen molar-refractivity contribution in [3.05, 3.63) is 23.8 Å². The monoisotopic (exact) mass is 277 g/mol. The molecule has 0 radical (unpaired) electrons. The molecular weight excluding hydrogens is 254 g/mol. The lowest BCUT2D eigenvalue weighted by Crippen LogP contribution is -2.39. The number of methoxy groups -OCH3 is 2. The number of benzene rings is 1. The van der Waals surface area contributed by atoms with E-state index in [4.69, 9.17) is 9.47 Å². The lowest BCUT2D eigenvalue weighted by molar-refractivity contribution is 0.351. The molecule has 1 aromatic carbocycles. The quantitative estimate of drug-likeness (QED) is 0.674. The van der Waals surface area contributed by atoms with E-state index in [1.807, 2.05) is 25.2 Å². The molecule has 0 aliphatic carbocycles. The second-order valence-corrected chi connectivity index (χ2v) is 4.75. The molecule has 0 spiro atoms. The summed E-state index contributed by atoms with van der Waals surface area (Å²) in [7, 11) is 5.14. The number of hydrogen-bond acceptors (Lipinski definition) is 3. The van der Waals surface area contributed by atoms with Gasteiger partial charge in [0.05, 0.1) is 14.2 Å². The molecule has 0 unspecified atom stereocenters. The molecule has 5 heteroatoms. The molecule has 1 aliphatic heterocycles. The van der Waals surface area contributed by atoms with Crippen LogP contribution in [-0.4, -0.2) is 45.2 Å². The average Bonchev–Trinajstić information content (AvgIpc) is 3.01. The van der Waals surface area contributed by atoms with E-state index in [-0.39, 0.29) is 0 Å². The Morgan fingerprint density at radius 2 is 2.00 bits per heavy atom. The number of ether oxygens (including phenoxy) is 2. The van der Waals surface area contributed by atoms with E-state index >= 15 is 0 Å². The molecule has 1 heterocycles. The fourth-order valence-corrected chi connectivity index (χ4v) is 2.53. The summed E-state index contributed by atoms with van der Waals surface area (Å²) in [5.41, 5.74) is 1.06. The van der Waals surface area contributed by atoms with Crippen molar-refractivity contribution in [3.63, 3.8) is 0 Å². The van der Waals surface area contributed by atoms with Gasteiger partial charge in [-0.2, -0.15) is 0 Å². The van der Waals surface area contributed by atoms with Gasteiger partial charge in [-0.05, 0) is 18.9 Å². The molecule has 1 N–H and O–H groups in total. The van der Waals surface area contributed by atoms with Crippen LogP contribution in [0.15, 0.2) is 23.2 Å². The second kappa shape index (κ2) is 7.03. The van der Waals surface area contributed by atoms with Crippen molar-refractivity contribution in [2.24, 2.45) is 4.99 Å². The predicted molar refractivity (Wildman–Crippen MR) is 80.6 cm³/mol. The summed E-state index contributed by atoms with van der Waals surface area (Å²) in [5.74, 6) is 2.48. The van der Waals surface area contributed by atoms with Crippen molar-refractivity contribution >= 4 is 5.96 Å². The first kappa shape index (κ1) is 14.5. The van der Waals surface area contributed by atoms with Crippen LogP contribution in [0.5, 0.6) is 11.5 Å². The first-order valence-corrected chi connectivity index (χ1v) is 6.95. The molecule has 0 bridgehead atoms. The molecule has 0 atom stereocenters. The lowest BCUT2D eigenvalue weighted by Gasteiger charge is -2.21. The summed E-state index contributed by atoms with van der Waals surface area (Å²) >= 11 is 0. The Morgan fingerprint density at radius 1 is 1.25 bits per heavy atom. The minimum atomic E-state index is 0.670. The Bertz CT molecular complexity index is 468. The van der Waals surface area contributed by atoms with Gasteiger partial charge in [0, 0.05) is 32.2 Å². The van der Waals surface area contributed by atoms with Crippen LogP contribution in [0.3, 0.4) is 0 Å². The van der Waals surface area contributed by atoms with Crippen LogP contribution in [0.4, 0.5) is 0 Å². The number of para-hydroxylation sites is 1. The molecule has 0 aromatic heterocycles. The van der Waals surface area contributed by atoms with Gasteiger partial charge in [0.25, 0.3) is 0 Å². The van der Waals surface area contributed by atoms with Gasteiger partial charge in [-0.1, -0.05) is 12.1 Å². The van der Waals surface area contributed by atoms with Gasteiger partial charge in [0.15, 0.2) is 17.5 Å². The number of guanidine groups is 1. The highest BCUT2D eigenvalue weighted by Crippen LogP contribution is 2.30. The highest BCUT2D eigenvalue weighted by molar-refractivity contribution is 5.80. The summed E-state index contributed by atoms with van der Waals surface area (Å²) in [4.78, 5) is 6.63. The summed E-state index contributed by atoms with van der Waals surface area (Å²) in [6.45, 7) is 2.83. The molecule has 110 valence electrons. The van der Waals surface area contributed by atoms with E-state index in [0.717, 1.165) is 36.1 Å². The molecule has 5 nitrogen and oxygen atoms in total. The molecule has 20 heavy (non-hydrogen) atoms. The number of nitrogens with zero attached hydrogens (tertiary/aromatic N) is 2. The first-order valence-electron chi connectivity index (χ1n) is 6.95. The second-order valence-electron chi connectivity index (χ2n) is 4.75. The van der Waals surface area contributed by atoms with E-state index in [2.05, 4.69) is 15.2 Å². The Labute approximate surface area is 120 Å². The molecule has 1 fully saturated rings. The molecule has 1 aliphatic rings. The maximum Gasteiger partial charge on any atom is 0.193 e. The zero-order chi connectivity index (χ0) is 14.4. The average molecular weight is 277 g/mol. The molecule has 1 aromatic rings. The van der Waals surface area contributed by atoms with Crippen LogP contribution in [0, 0.1) is 0 Å². The van der Waals surface area contributed by atoms with Crippen LogP contribution in [0.25, 0.3) is 0 Å². The molecular formula is C15H23N3O2. The van der Waals surface area contributed by atoms with Crippen molar-refractivity contribution in [1.29, 1.82) is 0 Å². The number of nitrogens with one attached hydrogen (secondary N) is 1. The van der Waals surface area contributed by atoms with Crippen LogP contribution in [-0.2, 0) is 6.54 Å². The van der Waals surface area contributed by atoms with Crippen LogP contribution in [0.1, 0.15) is 18.4 Å². The van der Waals surface area contributed by atoms with Crippen LogP contribution >= 0.6 is 0 Å². The predicted octanol–water partition coefficient (Wildman–Crippen LogP) is 1.87. The normalized spacial score (nSPS) is 15.3. The third-order valence-electron chi connectivity index (χ3n) is 3.54. The van der Waals surface area contributed by atoms with Gasteiger partial charge in [0.1, 0.15) is 0 Å². The maximum atomic E-state index is 5.44. The SMILES string of the molecule is CN=C(NCc1cccc(OC)c1OC)N1CCCC1. The number of rotatable bonds is 4. The first-order chi connectivity index (χ1) is 9.80. The van der Waals surface area contributed by atoms with E-state index < -0.39 is 0 Å². The van der Waals surface area contributed by atoms with Gasteiger partial charge < -0.3 is 19.7 Å². The summed E-state index contributed by atoms with van der Waals surface area (Å²) in [6, 6.07) is 5.90. The molecule has 0 saturated carbocycles. The van der Waals surface area contributed by atoms with Gasteiger partial charge in [-0.15, -0.1) is 0 Å². The third kappa shape index (κ3) is 3.15. The van der Waals surface area contributed by atoms with Crippen molar-refractivity contribution in [2.75, 3.05) is 34.4 Å². The Kier molecular flexibility index (Phi) is 5.09. The maximum absolute atomic E-state index is 5.44. The molecule has 2 rings (SSSR count). The largest absolute Gasteiger partial charge is 0.493 e. The molecule has 0 amide bonds. The van der Waals surface area contributed by atoms with Gasteiger partial charge in [-0.3, -0.25) is 4.99 Å². The summed E-state index contributed by atoms with van der Waals surface area (Å²) in [6.07, 6.45) is 2.48. The number of likely N-dealkylation sites (tertiary alicyclic amines) is 1. The number of aliphatic imine (C=N–C) groups is 1. The zero-order valence-electron chi connectivity index (χ0n) is 12.5. The van der Waals surface area contributed by atoms with Crippen molar-refractivity contribution < 1.29 is 9.47 Å². The highest BCUT2D eigenvalue weighted by atomic mass is 16.5. The Morgan fingerprint density at radius 3 is 2.60 bits per heavy atom. The van der Waals surface area contributed by atoms with E-state index in [1.54, 1.807) is 14.2 Å². The van der Waals surface area contributed by atoms with E-state index in [0.29, 0.717) is 6.54 Å². The minimum absolute atomic E-state index is 0.670. The van der Waals surface area contributed by atoms with Crippen LogP contribution in [0.2, 0.25) is 0 Å². The van der Waals surface area contributed by atoms with Crippen molar-refractivity contribution in [1.82, 2.24) is 10.2 Å². The fourth-order valence-electron chi connectivity index (χ4n) is 2.53. The van der Waals surface area contributed by atoms with Crippen molar-refractivity contribution in [3.8, 4) is 11.5 Å². The van der Waals surface area contributed by atoms with Gasteiger partial charge in [-0.25, -0.2) is 0 Å². The Hall–Kier alpha value is -1.91. The summed E-state index contributed by atoms with van der Waals surface area (Å²) in [5, 5.41) is 3.39. The van der Waals surface area contributed by atoms with Gasteiger partial charge in [0.2, 0.25) is 0 Å². The highest BCUT2D eigenvalue weighted by Gasteiger charge is 2.16. The standard InChI is InChI=1S/C15H23N3O2/c1-16-15(18-9-4-5-10-18)17-11-12-7-6-8-13(19-2)14(12)20-3/h6-8H,4-5,9-11H2,1-3H3,(H,16,17). The number of hydrogen-bond donors (Lipinski definition) is 1. The minimum Gasteiger partial charge on any atom is -0.493 e. The Balaban J connectivity index is 2.06. The summed E-state index contributed by atoms with van der Waals surface area (Å²) < 4.78 is 10.8. The molecule has 1 saturated heterocycles. The lowest BCUT2D eigenvalue weighted by atomic mass is 10.2. The topological polar surface area (TPSA) is 46.1 Å². The van der Waals surface area contributed by atoms with Gasteiger partial charge >= 0.3 is 0 Å². The van der Waals surface area contributed by atoms with Crippen molar-refractivity contribution in [2.45, 2.75) is 19.4 Å². The third-order valence-corrected chi connectivity index (χ3v) is 3.54. The smallest absolute Gasteiger partial charge is 0.193 e. The van der Waals surface area contributed by atoms with Crippen LogP contribution < -0.4 is 14.8 Å².